The molecule has 166 valence electrons. The van der Waals surface area contributed by atoms with Crippen LogP contribution in [0.3, 0.4) is 0 Å². The number of rotatable bonds is 8. The van der Waals surface area contributed by atoms with Crippen molar-refractivity contribution < 1.29 is 8.42 Å². The highest BCUT2D eigenvalue weighted by atomic mass is 32.2. The number of aromatic nitrogens is 4. The van der Waals surface area contributed by atoms with E-state index in [2.05, 4.69) is 45.3 Å². The SMILES string of the molecule is O=S1(=O)CCC(n2cc(CNc3nc4ccccc4n3CCCc3ccccc3)cn2)C1. The third kappa shape index (κ3) is 4.55. The minimum absolute atomic E-state index is 0.0590. The molecule has 32 heavy (non-hydrogen) atoms. The largest absolute Gasteiger partial charge is 0.351 e. The van der Waals surface area contributed by atoms with Crippen LogP contribution in [0.1, 0.15) is 30.0 Å². The highest BCUT2D eigenvalue weighted by Crippen LogP contribution is 2.24. The molecule has 4 aromatic rings. The predicted molar refractivity (Wildman–Crippen MR) is 126 cm³/mol. The lowest BCUT2D eigenvalue weighted by atomic mass is 10.1. The van der Waals surface area contributed by atoms with Gasteiger partial charge in [0.1, 0.15) is 0 Å². The monoisotopic (exact) mass is 449 g/mol. The number of aryl methyl sites for hydroxylation is 2. The number of fused-ring (bicyclic) bond motifs is 1. The van der Waals surface area contributed by atoms with Crippen LogP contribution in [-0.2, 0) is 29.3 Å². The number of imidazole rings is 1. The van der Waals surface area contributed by atoms with E-state index in [1.54, 1.807) is 10.9 Å². The molecule has 1 saturated heterocycles. The lowest BCUT2D eigenvalue weighted by Gasteiger charge is -2.11. The maximum absolute atomic E-state index is 11.8. The van der Waals surface area contributed by atoms with Gasteiger partial charge < -0.3 is 9.88 Å². The number of sulfone groups is 1. The van der Waals surface area contributed by atoms with E-state index < -0.39 is 9.84 Å². The Hall–Kier alpha value is -3.13. The van der Waals surface area contributed by atoms with Crippen molar-refractivity contribution >= 4 is 26.8 Å². The van der Waals surface area contributed by atoms with Crippen molar-refractivity contribution in [3.63, 3.8) is 0 Å². The Bertz CT molecular complexity index is 1310. The molecule has 0 amide bonds. The third-order valence-corrected chi connectivity index (χ3v) is 7.78. The van der Waals surface area contributed by atoms with Crippen molar-refractivity contribution in [3.8, 4) is 0 Å². The van der Waals surface area contributed by atoms with Crippen LogP contribution in [0, 0.1) is 0 Å². The van der Waals surface area contributed by atoms with Gasteiger partial charge in [-0.2, -0.15) is 5.10 Å². The molecule has 0 radical (unpaired) electrons. The molecular weight excluding hydrogens is 422 g/mol. The minimum Gasteiger partial charge on any atom is -0.351 e. The van der Waals surface area contributed by atoms with Crippen molar-refractivity contribution in [3.05, 3.63) is 78.1 Å². The number of nitrogens with zero attached hydrogens (tertiary/aromatic N) is 4. The summed E-state index contributed by atoms with van der Waals surface area (Å²) >= 11 is 0. The molecule has 0 saturated carbocycles. The quantitative estimate of drug-likeness (QED) is 0.442. The molecule has 2 aromatic carbocycles. The maximum Gasteiger partial charge on any atom is 0.204 e. The smallest absolute Gasteiger partial charge is 0.204 e. The van der Waals surface area contributed by atoms with Crippen molar-refractivity contribution in [2.24, 2.45) is 0 Å². The first-order valence-corrected chi connectivity index (χ1v) is 12.9. The molecule has 8 heteroatoms. The lowest BCUT2D eigenvalue weighted by Crippen LogP contribution is -2.11. The van der Waals surface area contributed by atoms with Crippen molar-refractivity contribution in [1.82, 2.24) is 19.3 Å². The second-order valence-corrected chi connectivity index (χ2v) is 10.6. The molecule has 0 aliphatic carbocycles. The summed E-state index contributed by atoms with van der Waals surface area (Å²) in [6.45, 7) is 1.46. The summed E-state index contributed by atoms with van der Waals surface area (Å²) in [5, 5.41) is 7.88. The summed E-state index contributed by atoms with van der Waals surface area (Å²) in [5.41, 5.74) is 4.45. The van der Waals surface area contributed by atoms with Crippen LogP contribution in [0.25, 0.3) is 11.0 Å². The molecule has 1 aliphatic heterocycles. The number of anilines is 1. The van der Waals surface area contributed by atoms with E-state index in [1.165, 1.54) is 5.56 Å². The van der Waals surface area contributed by atoms with E-state index in [4.69, 9.17) is 4.98 Å². The van der Waals surface area contributed by atoms with Gasteiger partial charge in [0.15, 0.2) is 9.84 Å². The Balaban J connectivity index is 1.28. The van der Waals surface area contributed by atoms with Crippen molar-refractivity contribution in [2.75, 3.05) is 16.8 Å². The van der Waals surface area contributed by atoms with Gasteiger partial charge >= 0.3 is 0 Å². The molecule has 1 fully saturated rings. The van der Waals surface area contributed by atoms with Crippen LogP contribution in [-0.4, -0.2) is 39.3 Å². The molecule has 1 N–H and O–H groups in total. The summed E-state index contributed by atoms with van der Waals surface area (Å²) in [6, 6.07) is 18.7. The molecule has 7 nitrogen and oxygen atoms in total. The van der Waals surface area contributed by atoms with Gasteiger partial charge in [-0.05, 0) is 37.0 Å². The van der Waals surface area contributed by atoms with Gasteiger partial charge in [0.2, 0.25) is 5.95 Å². The van der Waals surface area contributed by atoms with E-state index in [9.17, 15) is 8.42 Å². The second-order valence-electron chi connectivity index (χ2n) is 8.40. The van der Waals surface area contributed by atoms with Gasteiger partial charge in [-0.1, -0.05) is 42.5 Å². The first-order chi connectivity index (χ1) is 15.6. The molecular formula is C24H27N5O2S. The van der Waals surface area contributed by atoms with Gasteiger partial charge in [0.25, 0.3) is 0 Å². The molecule has 1 aliphatic rings. The average Bonchev–Trinajstić information content (AvgIpc) is 3.50. The van der Waals surface area contributed by atoms with Crippen LogP contribution in [0.2, 0.25) is 0 Å². The predicted octanol–water partition coefficient (Wildman–Crippen LogP) is 3.84. The van der Waals surface area contributed by atoms with Crippen molar-refractivity contribution in [2.45, 2.75) is 38.4 Å². The van der Waals surface area contributed by atoms with Gasteiger partial charge in [-0.3, -0.25) is 4.68 Å². The Morgan fingerprint density at radius 3 is 2.66 bits per heavy atom. The summed E-state index contributed by atoms with van der Waals surface area (Å²) in [5.74, 6) is 1.27. The van der Waals surface area contributed by atoms with Crippen LogP contribution in [0.15, 0.2) is 67.0 Å². The first kappa shape index (κ1) is 20.8. The van der Waals surface area contributed by atoms with E-state index >= 15 is 0 Å². The molecule has 0 bridgehead atoms. The molecule has 1 atom stereocenters. The van der Waals surface area contributed by atoms with Crippen molar-refractivity contribution in [1.29, 1.82) is 0 Å². The third-order valence-electron chi connectivity index (χ3n) is 6.03. The second kappa shape index (κ2) is 8.78. The molecule has 2 aromatic heterocycles. The van der Waals surface area contributed by atoms with Crippen LogP contribution in [0.4, 0.5) is 5.95 Å². The number of nitrogens with one attached hydrogen (secondary N) is 1. The minimum atomic E-state index is -2.93. The van der Waals surface area contributed by atoms with Gasteiger partial charge in [0, 0.05) is 24.8 Å². The molecule has 5 rings (SSSR count). The highest BCUT2D eigenvalue weighted by Gasteiger charge is 2.29. The molecule has 3 heterocycles. The normalized spacial score (nSPS) is 17.7. The standard InChI is InChI=1S/C24H27N5O2S/c30-32(31)14-12-21(18-32)29-17-20(16-26-29)15-25-24-27-22-10-4-5-11-23(22)28(24)13-6-9-19-7-2-1-3-8-19/h1-5,7-8,10-11,16-17,21H,6,9,12-15,18H2,(H,25,27). The lowest BCUT2D eigenvalue weighted by molar-refractivity contribution is 0.499. The van der Waals surface area contributed by atoms with E-state index in [-0.39, 0.29) is 17.5 Å². The molecule has 1 unspecified atom stereocenters. The van der Waals surface area contributed by atoms with Crippen LogP contribution >= 0.6 is 0 Å². The zero-order valence-electron chi connectivity index (χ0n) is 17.9. The zero-order chi connectivity index (χ0) is 22.0. The summed E-state index contributed by atoms with van der Waals surface area (Å²) in [4.78, 5) is 4.80. The number of hydrogen-bond acceptors (Lipinski definition) is 5. The Labute approximate surface area is 188 Å². The fraction of sp³-hybridized carbons (Fsp3) is 0.333. The maximum atomic E-state index is 11.8. The average molecular weight is 450 g/mol. The number of para-hydroxylation sites is 2. The molecule has 0 spiro atoms. The van der Waals surface area contributed by atoms with Crippen LogP contribution in [0.5, 0.6) is 0 Å². The Morgan fingerprint density at radius 2 is 1.84 bits per heavy atom. The number of hydrogen-bond donors (Lipinski definition) is 1. The number of benzene rings is 2. The summed E-state index contributed by atoms with van der Waals surface area (Å²) in [6.07, 6.45) is 6.42. The Kier molecular flexibility index (Phi) is 5.70. The summed E-state index contributed by atoms with van der Waals surface area (Å²) < 4.78 is 27.6. The van der Waals surface area contributed by atoms with Gasteiger partial charge in [-0.15, -0.1) is 0 Å². The fourth-order valence-corrected chi connectivity index (χ4v) is 6.06. The first-order valence-electron chi connectivity index (χ1n) is 11.0. The van der Waals surface area contributed by atoms with Crippen LogP contribution < -0.4 is 5.32 Å². The fourth-order valence-electron chi connectivity index (χ4n) is 4.36. The highest BCUT2D eigenvalue weighted by molar-refractivity contribution is 7.91. The van der Waals surface area contributed by atoms with E-state index in [0.29, 0.717) is 13.0 Å². The summed E-state index contributed by atoms with van der Waals surface area (Å²) in [7, 11) is -2.93. The van der Waals surface area contributed by atoms with Gasteiger partial charge in [0.05, 0.1) is 34.8 Å². The Morgan fingerprint density at radius 1 is 1.03 bits per heavy atom. The topological polar surface area (TPSA) is 81.8 Å². The van der Waals surface area contributed by atoms with E-state index in [1.807, 2.05) is 30.5 Å². The van der Waals surface area contributed by atoms with E-state index in [0.717, 1.165) is 41.9 Å². The van der Waals surface area contributed by atoms with Gasteiger partial charge in [-0.25, -0.2) is 13.4 Å². The zero-order valence-corrected chi connectivity index (χ0v) is 18.7.